The zero-order chi connectivity index (χ0) is 18.9. The Morgan fingerprint density at radius 3 is 1.86 bits per heavy atom. The Morgan fingerprint density at radius 1 is 0.679 bits per heavy atom. The third kappa shape index (κ3) is 2.86. The van der Waals surface area contributed by atoms with Crippen LogP contribution in [0.5, 0.6) is 0 Å². The van der Waals surface area contributed by atoms with Crippen LogP contribution in [0.25, 0.3) is 34.0 Å². The molecule has 0 atom stereocenters. The summed E-state index contributed by atoms with van der Waals surface area (Å²) in [7, 11) is 2.14. The molecule has 1 aliphatic rings. The molecule has 1 aromatic heterocycles. The average molecular weight is 360 g/mol. The molecular weight excluding hydrogens is 338 g/mol. The van der Waals surface area contributed by atoms with Crippen molar-refractivity contribution in [3.63, 3.8) is 0 Å². The summed E-state index contributed by atoms with van der Waals surface area (Å²) in [6, 6.07) is 26.1. The molecule has 0 saturated carbocycles. The van der Waals surface area contributed by atoms with Gasteiger partial charge in [-0.1, -0.05) is 85.0 Å². The lowest BCUT2D eigenvalue weighted by molar-refractivity contribution is -0.617. The van der Waals surface area contributed by atoms with E-state index in [1.807, 2.05) is 0 Å². The van der Waals surface area contributed by atoms with Crippen molar-refractivity contribution in [1.29, 1.82) is 0 Å². The number of benzene rings is 3. The first-order valence-electron chi connectivity index (χ1n) is 9.74. The Morgan fingerprint density at radius 2 is 1.25 bits per heavy atom. The lowest BCUT2D eigenvalue weighted by Gasteiger charge is -2.08. The summed E-state index contributed by atoms with van der Waals surface area (Å²) in [5, 5.41) is 2.55. The van der Waals surface area contributed by atoms with Crippen molar-refractivity contribution in [2.45, 2.75) is 5.92 Å². The summed E-state index contributed by atoms with van der Waals surface area (Å²) in [5.41, 5.74) is 6.32. The van der Waals surface area contributed by atoms with Gasteiger partial charge in [-0.25, -0.2) is 0 Å². The van der Waals surface area contributed by atoms with Crippen LogP contribution in [0.3, 0.4) is 0 Å². The number of hydrogen-bond acceptors (Lipinski definition) is 0. The monoisotopic (exact) mass is 360 g/mol. The van der Waals surface area contributed by atoms with Gasteiger partial charge >= 0.3 is 0 Å². The van der Waals surface area contributed by atoms with Gasteiger partial charge in [0, 0.05) is 23.6 Å². The van der Waals surface area contributed by atoms with Crippen LogP contribution in [-0.4, -0.2) is 0 Å². The van der Waals surface area contributed by atoms with Crippen molar-refractivity contribution in [3.05, 3.63) is 114 Å². The average Bonchev–Trinajstić information content (AvgIpc) is 3.29. The fourth-order valence-electron chi connectivity index (χ4n) is 4.11. The molecule has 5 rings (SSSR count). The van der Waals surface area contributed by atoms with Crippen LogP contribution in [-0.2, 0) is 7.05 Å². The SMILES string of the molecule is C[n+]1c2ccccc2c(/C=C/c2ccc(C3C=CC=C3)cc2)c2ccccc21. The van der Waals surface area contributed by atoms with Crippen molar-refractivity contribution < 1.29 is 4.57 Å². The molecule has 1 nitrogen and oxygen atoms in total. The van der Waals surface area contributed by atoms with Crippen LogP contribution < -0.4 is 4.57 Å². The Kier molecular flexibility index (Phi) is 4.14. The number of aryl methyl sites for hydroxylation is 1. The Hall–Kier alpha value is -3.45. The second kappa shape index (κ2) is 6.94. The van der Waals surface area contributed by atoms with Crippen LogP contribution in [0.15, 0.2) is 97.1 Å². The Bertz CT molecular complexity index is 1190. The van der Waals surface area contributed by atoms with Gasteiger partial charge in [-0.05, 0) is 23.3 Å². The van der Waals surface area contributed by atoms with Gasteiger partial charge in [0.2, 0.25) is 11.0 Å². The van der Waals surface area contributed by atoms with Crippen LogP contribution in [0.4, 0.5) is 0 Å². The number of allylic oxidation sites excluding steroid dienone is 4. The fraction of sp³-hybridized carbons (Fsp3) is 0.0741. The van der Waals surface area contributed by atoms with Crippen LogP contribution in [0.2, 0.25) is 0 Å². The van der Waals surface area contributed by atoms with E-state index in [9.17, 15) is 0 Å². The van der Waals surface area contributed by atoms with Crippen molar-refractivity contribution in [1.82, 2.24) is 0 Å². The van der Waals surface area contributed by atoms with Gasteiger partial charge < -0.3 is 0 Å². The normalized spacial score (nSPS) is 14.0. The van der Waals surface area contributed by atoms with Crippen LogP contribution in [0, 0.1) is 0 Å². The highest BCUT2D eigenvalue weighted by Crippen LogP contribution is 2.27. The molecule has 1 heteroatoms. The molecule has 1 heterocycles. The van der Waals surface area contributed by atoms with Crippen LogP contribution in [0.1, 0.15) is 22.6 Å². The molecule has 134 valence electrons. The highest BCUT2D eigenvalue weighted by Gasteiger charge is 2.15. The maximum Gasteiger partial charge on any atom is 0.213 e. The molecule has 0 radical (unpaired) electrons. The largest absolute Gasteiger partial charge is 0.213 e. The minimum Gasteiger partial charge on any atom is -0.194 e. The van der Waals surface area contributed by atoms with Crippen LogP contribution >= 0.6 is 0 Å². The number of fused-ring (bicyclic) bond motifs is 2. The lowest BCUT2D eigenvalue weighted by Crippen LogP contribution is -2.30. The van der Waals surface area contributed by atoms with Crippen molar-refractivity contribution >= 4 is 34.0 Å². The predicted molar refractivity (Wildman–Crippen MR) is 119 cm³/mol. The molecule has 0 aliphatic heterocycles. The zero-order valence-corrected chi connectivity index (χ0v) is 15.9. The second-order valence-corrected chi connectivity index (χ2v) is 7.30. The molecule has 4 aromatic rings. The highest BCUT2D eigenvalue weighted by atomic mass is 14.9. The number of para-hydroxylation sites is 2. The molecule has 0 N–H and O–H groups in total. The number of nitrogens with zero attached hydrogens (tertiary/aromatic N) is 1. The Balaban J connectivity index is 1.60. The maximum atomic E-state index is 2.28. The van der Waals surface area contributed by atoms with Crippen molar-refractivity contribution in [2.75, 3.05) is 0 Å². The maximum absolute atomic E-state index is 2.28. The minimum absolute atomic E-state index is 0.417. The van der Waals surface area contributed by atoms with E-state index >= 15 is 0 Å². The smallest absolute Gasteiger partial charge is 0.194 e. The van der Waals surface area contributed by atoms with Crippen molar-refractivity contribution in [2.24, 2.45) is 7.05 Å². The number of aromatic nitrogens is 1. The standard InChI is InChI=1S/C27H22N/c1-28-26-12-6-4-10-24(26)23(25-11-5-7-13-27(25)28)19-16-20-14-17-22(18-15-20)21-8-2-3-9-21/h2-19,21H,1H3/q+1/b19-16+. The quantitative estimate of drug-likeness (QED) is 0.303. The summed E-state index contributed by atoms with van der Waals surface area (Å²) in [4.78, 5) is 0. The van der Waals surface area contributed by atoms with E-state index in [2.05, 4.69) is 121 Å². The summed E-state index contributed by atoms with van der Waals surface area (Å²) in [6.07, 6.45) is 13.2. The van der Waals surface area contributed by atoms with E-state index in [0.717, 1.165) is 0 Å². The van der Waals surface area contributed by atoms with E-state index in [1.165, 1.54) is 38.5 Å². The summed E-state index contributed by atoms with van der Waals surface area (Å²) < 4.78 is 2.28. The number of hydrogen-bond donors (Lipinski definition) is 0. The first-order chi connectivity index (χ1) is 13.8. The highest BCUT2D eigenvalue weighted by molar-refractivity contribution is 6.01. The molecule has 1 aliphatic carbocycles. The van der Waals surface area contributed by atoms with Gasteiger partial charge in [0.1, 0.15) is 7.05 Å². The third-order valence-electron chi connectivity index (χ3n) is 5.62. The first-order valence-corrected chi connectivity index (χ1v) is 9.74. The van der Waals surface area contributed by atoms with E-state index in [1.54, 1.807) is 0 Å². The molecule has 28 heavy (non-hydrogen) atoms. The topological polar surface area (TPSA) is 3.88 Å². The van der Waals surface area contributed by atoms with E-state index in [-0.39, 0.29) is 0 Å². The summed E-state index contributed by atoms with van der Waals surface area (Å²) >= 11 is 0. The summed E-state index contributed by atoms with van der Waals surface area (Å²) in [6.45, 7) is 0. The predicted octanol–water partition coefficient (Wildman–Crippen LogP) is 6.20. The molecule has 3 aromatic carbocycles. The van der Waals surface area contributed by atoms with Gasteiger partial charge in [-0.3, -0.25) is 0 Å². The first kappa shape index (κ1) is 16.7. The van der Waals surface area contributed by atoms with Crippen molar-refractivity contribution in [3.8, 4) is 0 Å². The lowest BCUT2D eigenvalue weighted by atomic mass is 9.98. The van der Waals surface area contributed by atoms with Gasteiger partial charge in [0.25, 0.3) is 0 Å². The third-order valence-corrected chi connectivity index (χ3v) is 5.62. The molecule has 0 amide bonds. The van der Waals surface area contributed by atoms with E-state index < -0.39 is 0 Å². The molecule has 0 bridgehead atoms. The number of rotatable bonds is 3. The number of pyridine rings is 1. The zero-order valence-electron chi connectivity index (χ0n) is 15.9. The van der Waals surface area contributed by atoms with Gasteiger partial charge in [0.05, 0.1) is 10.8 Å². The minimum atomic E-state index is 0.417. The molecular formula is C27H22N+. The van der Waals surface area contributed by atoms with Gasteiger partial charge in [0.15, 0.2) is 0 Å². The van der Waals surface area contributed by atoms with E-state index in [0.29, 0.717) is 5.92 Å². The molecule has 0 spiro atoms. The van der Waals surface area contributed by atoms with Gasteiger partial charge in [-0.2, -0.15) is 4.57 Å². The van der Waals surface area contributed by atoms with Gasteiger partial charge in [-0.15, -0.1) is 0 Å². The Labute approximate surface area is 165 Å². The molecule has 0 fully saturated rings. The molecule has 0 saturated heterocycles. The fourth-order valence-corrected chi connectivity index (χ4v) is 4.11. The second-order valence-electron chi connectivity index (χ2n) is 7.30. The summed E-state index contributed by atoms with van der Waals surface area (Å²) in [5.74, 6) is 0.417. The van der Waals surface area contributed by atoms with E-state index in [4.69, 9.17) is 0 Å². The molecule has 0 unspecified atom stereocenters.